The largest absolute Gasteiger partial charge is 0.386 e. The van der Waals surface area contributed by atoms with Crippen LogP contribution in [-0.2, 0) is 24.2 Å². The molecule has 3 heterocycles. The Hall–Kier alpha value is -3.24. The monoisotopic (exact) mass is 430 g/mol. The van der Waals surface area contributed by atoms with Crippen molar-refractivity contribution in [3.8, 4) is 0 Å². The summed E-state index contributed by atoms with van der Waals surface area (Å²) in [6.07, 6.45) is 3.20. The van der Waals surface area contributed by atoms with Crippen molar-refractivity contribution < 1.29 is 24.2 Å². The number of hydrogen-bond acceptors (Lipinski definition) is 9. The number of amides is 1. The van der Waals surface area contributed by atoms with Crippen molar-refractivity contribution in [1.29, 1.82) is 0 Å². The number of nitrogens with zero attached hydrogens (tertiary/aromatic N) is 3. The number of pyridine rings is 1. The first-order valence-electron chi connectivity index (χ1n) is 9.24. The molecule has 1 amide bonds. The molecule has 1 aliphatic rings. The van der Waals surface area contributed by atoms with Gasteiger partial charge in [-0.25, -0.2) is 24.4 Å². The van der Waals surface area contributed by atoms with Gasteiger partial charge in [-0.3, -0.25) is 14.8 Å². The summed E-state index contributed by atoms with van der Waals surface area (Å²) in [6, 6.07) is 4.88. The van der Waals surface area contributed by atoms with Crippen LogP contribution in [0.25, 0.3) is 0 Å². The fraction of sp³-hybridized carbons (Fsp3) is 0.300. The van der Waals surface area contributed by atoms with Crippen LogP contribution in [-0.4, -0.2) is 46.4 Å². The molecule has 3 rings (SSSR count). The van der Waals surface area contributed by atoms with E-state index in [0.717, 1.165) is 17.4 Å². The number of nitrogens with one attached hydrogen (secondary N) is 1. The number of carbonyl (C=O) groups excluding carboxylic acids is 3. The second-order valence-corrected chi connectivity index (χ2v) is 7.54. The molecule has 1 atom stereocenters. The van der Waals surface area contributed by atoms with Gasteiger partial charge in [0.2, 0.25) is 0 Å². The van der Waals surface area contributed by atoms with Crippen LogP contribution >= 0.6 is 11.3 Å². The van der Waals surface area contributed by atoms with Crippen LogP contribution in [0, 0.1) is 6.92 Å². The van der Waals surface area contributed by atoms with Crippen molar-refractivity contribution in [2.45, 2.75) is 26.8 Å². The first kappa shape index (κ1) is 21.5. The standard InChI is InChI=1S/C20H22N4O5S/c1-5-24-19(26)17(22-14-11-21-9-8-12(14)2)16(20(27)29-28-13(3)25)18(23(24)4)15-7-6-10-30-15/h6-11,18,22H,5H2,1-4H3. The van der Waals surface area contributed by atoms with Gasteiger partial charge < -0.3 is 5.32 Å². The Morgan fingerprint density at radius 3 is 2.67 bits per heavy atom. The third kappa shape index (κ3) is 4.19. The minimum Gasteiger partial charge on any atom is -0.349 e. The molecule has 0 spiro atoms. The number of rotatable bonds is 5. The van der Waals surface area contributed by atoms with Gasteiger partial charge in [0.25, 0.3) is 5.91 Å². The summed E-state index contributed by atoms with van der Waals surface area (Å²) in [5.41, 5.74) is 1.50. The van der Waals surface area contributed by atoms with Gasteiger partial charge in [0.15, 0.2) is 0 Å². The zero-order chi connectivity index (χ0) is 21.8. The third-order valence-corrected chi connectivity index (χ3v) is 5.54. The predicted octanol–water partition coefficient (Wildman–Crippen LogP) is 2.59. The lowest BCUT2D eigenvalue weighted by atomic mass is 9.99. The number of likely N-dealkylation sites (N-methyl/N-ethyl adjacent to an activating group) is 2. The van der Waals surface area contributed by atoms with Crippen LogP contribution in [0.3, 0.4) is 0 Å². The lowest BCUT2D eigenvalue weighted by Crippen LogP contribution is -2.53. The smallest absolute Gasteiger partial charge is 0.349 e. The van der Waals surface area contributed by atoms with Gasteiger partial charge in [0, 0.05) is 31.6 Å². The Morgan fingerprint density at radius 2 is 2.07 bits per heavy atom. The van der Waals surface area contributed by atoms with Crippen LogP contribution < -0.4 is 5.32 Å². The molecule has 158 valence electrons. The summed E-state index contributed by atoms with van der Waals surface area (Å²) < 4.78 is 0. The van der Waals surface area contributed by atoms with Crippen molar-refractivity contribution in [2.75, 3.05) is 18.9 Å². The molecule has 9 nitrogen and oxygen atoms in total. The molecule has 0 aromatic carbocycles. The lowest BCUT2D eigenvalue weighted by Gasteiger charge is -2.42. The Morgan fingerprint density at radius 1 is 1.30 bits per heavy atom. The summed E-state index contributed by atoms with van der Waals surface area (Å²) in [7, 11) is 1.72. The second-order valence-electron chi connectivity index (χ2n) is 6.56. The topological polar surface area (TPSA) is 101 Å². The van der Waals surface area contributed by atoms with E-state index in [2.05, 4.69) is 15.2 Å². The van der Waals surface area contributed by atoms with E-state index < -0.39 is 23.9 Å². The minimum absolute atomic E-state index is 0.0409. The average Bonchev–Trinajstić information content (AvgIpc) is 3.24. The number of anilines is 1. The zero-order valence-corrected chi connectivity index (χ0v) is 17.9. The van der Waals surface area contributed by atoms with Gasteiger partial charge in [-0.05, 0) is 36.9 Å². The van der Waals surface area contributed by atoms with E-state index in [0.29, 0.717) is 12.2 Å². The van der Waals surface area contributed by atoms with Gasteiger partial charge in [-0.15, -0.1) is 11.3 Å². The number of hydrogen-bond donors (Lipinski definition) is 1. The van der Waals surface area contributed by atoms with Crippen LogP contribution in [0.4, 0.5) is 5.69 Å². The molecule has 0 bridgehead atoms. The zero-order valence-electron chi connectivity index (χ0n) is 17.0. The van der Waals surface area contributed by atoms with Crippen molar-refractivity contribution in [1.82, 2.24) is 15.0 Å². The molecule has 0 saturated heterocycles. The first-order valence-corrected chi connectivity index (χ1v) is 10.1. The summed E-state index contributed by atoms with van der Waals surface area (Å²) >= 11 is 1.43. The fourth-order valence-electron chi connectivity index (χ4n) is 3.20. The molecule has 2 aromatic rings. The number of thiophene rings is 1. The average molecular weight is 430 g/mol. The maximum atomic E-state index is 13.3. The molecule has 10 heteroatoms. The van der Waals surface area contributed by atoms with Gasteiger partial charge in [-0.2, -0.15) is 0 Å². The van der Waals surface area contributed by atoms with Gasteiger partial charge in [-0.1, -0.05) is 6.07 Å². The summed E-state index contributed by atoms with van der Waals surface area (Å²) in [6.45, 7) is 5.21. The maximum absolute atomic E-state index is 13.3. The van der Waals surface area contributed by atoms with E-state index in [4.69, 9.17) is 4.89 Å². The molecule has 1 unspecified atom stereocenters. The van der Waals surface area contributed by atoms with Gasteiger partial charge in [0.05, 0.1) is 23.5 Å². The maximum Gasteiger partial charge on any atom is 0.386 e. The minimum atomic E-state index is -0.927. The van der Waals surface area contributed by atoms with E-state index in [-0.39, 0.29) is 11.3 Å². The van der Waals surface area contributed by atoms with E-state index in [1.165, 1.54) is 16.3 Å². The highest BCUT2D eigenvalue weighted by Gasteiger charge is 2.43. The van der Waals surface area contributed by atoms with E-state index in [1.54, 1.807) is 30.5 Å². The molecule has 1 N–H and O–H groups in total. The summed E-state index contributed by atoms with van der Waals surface area (Å²) in [4.78, 5) is 51.5. The normalized spacial score (nSPS) is 17.1. The molecule has 2 aromatic heterocycles. The molecular formula is C20H22N4O5S. The van der Waals surface area contributed by atoms with E-state index in [1.807, 2.05) is 31.4 Å². The first-order chi connectivity index (χ1) is 14.3. The Kier molecular flexibility index (Phi) is 6.48. The van der Waals surface area contributed by atoms with E-state index in [9.17, 15) is 14.4 Å². The molecule has 1 aliphatic heterocycles. The predicted molar refractivity (Wildman–Crippen MR) is 110 cm³/mol. The molecule has 0 fully saturated rings. The Labute approximate surface area is 177 Å². The number of aryl methyl sites for hydroxylation is 1. The van der Waals surface area contributed by atoms with Gasteiger partial charge >= 0.3 is 11.9 Å². The van der Waals surface area contributed by atoms with Crippen LogP contribution in [0.5, 0.6) is 0 Å². The fourth-order valence-corrected chi connectivity index (χ4v) is 4.07. The quantitative estimate of drug-likeness (QED) is 0.571. The van der Waals surface area contributed by atoms with Crippen LogP contribution in [0.2, 0.25) is 0 Å². The third-order valence-electron chi connectivity index (χ3n) is 4.61. The molecule has 30 heavy (non-hydrogen) atoms. The summed E-state index contributed by atoms with van der Waals surface area (Å²) in [5.74, 6) is -2.12. The Balaban J connectivity index is 2.17. The lowest BCUT2D eigenvalue weighted by molar-refractivity contribution is -0.254. The van der Waals surface area contributed by atoms with Crippen LogP contribution in [0.1, 0.15) is 30.3 Å². The molecule has 0 radical (unpaired) electrons. The highest BCUT2D eigenvalue weighted by atomic mass is 32.1. The SMILES string of the molecule is CCN1C(=O)C(Nc2cnccc2C)=C(C(=O)OOC(C)=O)C(c2cccs2)N1C. The Bertz CT molecular complexity index is 989. The molecular weight excluding hydrogens is 408 g/mol. The van der Waals surface area contributed by atoms with Crippen molar-refractivity contribution in [2.24, 2.45) is 0 Å². The van der Waals surface area contributed by atoms with Crippen molar-refractivity contribution >= 4 is 34.9 Å². The number of aromatic nitrogens is 1. The highest BCUT2D eigenvalue weighted by Crippen LogP contribution is 2.38. The van der Waals surface area contributed by atoms with Gasteiger partial charge in [0.1, 0.15) is 5.70 Å². The van der Waals surface area contributed by atoms with Crippen molar-refractivity contribution in [3.63, 3.8) is 0 Å². The summed E-state index contributed by atoms with van der Waals surface area (Å²) in [5, 5.41) is 8.14. The number of hydrazine groups is 1. The highest BCUT2D eigenvalue weighted by molar-refractivity contribution is 7.10. The number of carbonyl (C=O) groups is 3. The van der Waals surface area contributed by atoms with Crippen LogP contribution in [0.15, 0.2) is 47.2 Å². The molecule has 0 saturated carbocycles. The second kappa shape index (κ2) is 9.06. The molecule has 0 aliphatic carbocycles. The van der Waals surface area contributed by atoms with E-state index >= 15 is 0 Å². The van der Waals surface area contributed by atoms with Crippen molar-refractivity contribution in [3.05, 3.63) is 57.7 Å².